The largest absolute Gasteiger partial charge is 1.00 e. The number of carbonyl (C=O) groups excluding carboxylic acids is 5. The zero-order valence-corrected chi connectivity index (χ0v) is 51.5. The van der Waals surface area contributed by atoms with Gasteiger partial charge in [0, 0.05) is 53.1 Å². The van der Waals surface area contributed by atoms with Crippen molar-refractivity contribution in [1.82, 2.24) is 0 Å². The van der Waals surface area contributed by atoms with E-state index in [0.29, 0.717) is 22.6 Å². The maximum absolute atomic E-state index is 12.2. The first-order valence-corrected chi connectivity index (χ1v) is 27.6. The van der Waals surface area contributed by atoms with Gasteiger partial charge in [-0.15, -0.1) is 0 Å². The monoisotopic (exact) mass is 1260 g/mol. The number of rotatable bonds is 14. The number of carbonyl (C=O) groups is 5. The zero-order valence-electron chi connectivity index (χ0n) is 48.7. The Labute approximate surface area is 542 Å². The molecule has 10 aromatic rings. The van der Waals surface area contributed by atoms with Crippen LogP contribution in [0.5, 0.6) is 74.7 Å². The van der Waals surface area contributed by atoms with Crippen molar-refractivity contribution in [2.45, 2.75) is 4.90 Å². The normalized spacial score (nSPS) is 10.2. The average molecular weight is 1260 g/mol. The van der Waals surface area contributed by atoms with E-state index < -0.39 is 38.1 Å². The van der Waals surface area contributed by atoms with Crippen molar-refractivity contribution in [3.8, 4) is 74.7 Å². The number of aromatic hydroxyl groups is 10. The van der Waals surface area contributed by atoms with Gasteiger partial charge in [-0.05, 0) is 78.9 Å². The molecule has 21 nitrogen and oxygen atoms in total. The third-order valence-electron chi connectivity index (χ3n) is 12.6. The fraction of sp³-hybridized carbons (Fsp3) is 0.0441. The van der Waals surface area contributed by atoms with Crippen LogP contribution in [0.2, 0.25) is 0 Å². The van der Waals surface area contributed by atoms with Gasteiger partial charge in [0.1, 0.15) is 84.9 Å². The fourth-order valence-corrected chi connectivity index (χ4v) is 8.72. The standard InChI is InChI=1S/C14H12O6S.C14H12O4.C14H12O3.C13H10O5.C13H10O3.Na/c1-20-12-8-11(15)10(7-13(12)21(17,18)19)14(16)9-5-3-2-4-6-9;1-18-9-6-7-11(13(16)8-9)14(17)10-4-2-3-5-12(10)15;1-17-11-7-8-12(13(15)9-11)14(16)10-5-3-2-4-6-10;14-7-1-3-9(11(16)5-7)13(18)10-4-2-8(15)6-12(10)17;14-10-6-7-11(12(15)8-10)13(16)9-4-2-1-3-5-9;/h2-8,15H,1H3,(H,17,18,19);2-8,15-16H,1H3;2-9,15H,1H3;1-6,14-17H;1-8,14-15H;/q;;;;;+1/p-1. The van der Waals surface area contributed by atoms with Crippen molar-refractivity contribution in [1.29, 1.82) is 0 Å². The van der Waals surface area contributed by atoms with E-state index in [1.807, 2.05) is 12.1 Å². The second-order valence-corrected chi connectivity index (χ2v) is 20.0. The van der Waals surface area contributed by atoms with Crippen LogP contribution in [0.3, 0.4) is 0 Å². The van der Waals surface area contributed by atoms with Gasteiger partial charge in [0.05, 0.1) is 65.2 Å². The van der Waals surface area contributed by atoms with Gasteiger partial charge in [0.15, 0.2) is 28.9 Å². The molecule has 0 heterocycles. The van der Waals surface area contributed by atoms with Crippen LogP contribution in [0, 0.1) is 0 Å². The first-order valence-electron chi connectivity index (χ1n) is 26.2. The molecule has 0 fully saturated rings. The second kappa shape index (κ2) is 32.7. The maximum atomic E-state index is 12.2. The molecule has 0 unspecified atom stereocenters. The number of benzene rings is 10. The summed E-state index contributed by atoms with van der Waals surface area (Å²) in [6, 6.07) is 53.5. The Balaban J connectivity index is 0.000000207. The molecule has 0 amide bonds. The van der Waals surface area contributed by atoms with Gasteiger partial charge >= 0.3 is 29.6 Å². The Kier molecular flexibility index (Phi) is 25.4. The molecule has 0 bridgehead atoms. The number of ether oxygens (including phenoxy) is 3. The van der Waals surface area contributed by atoms with E-state index in [9.17, 15) is 72.7 Å². The van der Waals surface area contributed by atoms with Gasteiger partial charge in [-0.25, -0.2) is 8.42 Å². The summed E-state index contributed by atoms with van der Waals surface area (Å²) in [5, 5.41) is 95.0. The van der Waals surface area contributed by atoms with E-state index >= 15 is 0 Å². The number of hydrogen-bond acceptors (Lipinski definition) is 21. The molecule has 0 aliphatic rings. The molecule has 0 aliphatic heterocycles. The molecule has 10 N–H and O–H groups in total. The van der Waals surface area contributed by atoms with E-state index in [4.69, 9.17) is 29.5 Å². The molecule has 0 radical (unpaired) electrons. The molecular weight excluding hydrogens is 1210 g/mol. The summed E-state index contributed by atoms with van der Waals surface area (Å²) in [5.41, 5.74) is 1.67. The van der Waals surface area contributed by atoms with Crippen LogP contribution in [0.15, 0.2) is 223 Å². The first-order chi connectivity index (χ1) is 42.9. The summed E-state index contributed by atoms with van der Waals surface area (Å²) in [4.78, 5) is 59.7. The molecule has 23 heteroatoms. The van der Waals surface area contributed by atoms with Crippen LogP contribution in [-0.4, -0.2) is 114 Å². The number of methoxy groups -OCH3 is 3. The molecule has 0 atom stereocenters. The third kappa shape index (κ3) is 18.9. The predicted molar refractivity (Wildman–Crippen MR) is 326 cm³/mol. The molecule has 0 saturated heterocycles. The minimum atomic E-state index is -4.84. The fourth-order valence-electron chi connectivity index (χ4n) is 8.07. The summed E-state index contributed by atoms with van der Waals surface area (Å²) in [6.45, 7) is 0. The number of phenolic OH excluding ortho intramolecular Hbond substituents is 10. The summed E-state index contributed by atoms with van der Waals surface area (Å²) in [5.74, 6) is -3.65. The SMILES string of the molecule is COc1cc(O)c(C(=O)c2ccccc2)cc1S(=O)(=O)[O-].COc1ccc(C(=O)c2ccccc2)c(O)c1.COc1ccc(C(=O)c2ccccc2O)c(O)c1.O=C(c1ccc(O)cc1O)c1ccc(O)cc1O.O=C(c1ccccc1)c1ccc(O)cc1O.[Na+]. The predicted octanol–water partition coefficient (Wildman–Crippen LogP) is 7.58. The molecule has 10 aromatic carbocycles. The Morgan fingerprint density at radius 1 is 0.308 bits per heavy atom. The quantitative estimate of drug-likeness (QED) is 0.0285. The van der Waals surface area contributed by atoms with Gasteiger partial charge in [0.25, 0.3) is 0 Å². The zero-order chi connectivity index (χ0) is 65.8. The summed E-state index contributed by atoms with van der Waals surface area (Å²) in [7, 11) is -0.705. The van der Waals surface area contributed by atoms with Crippen LogP contribution >= 0.6 is 0 Å². The van der Waals surface area contributed by atoms with Gasteiger partial charge in [0.2, 0.25) is 0 Å². The smallest absolute Gasteiger partial charge is 0.744 e. The summed E-state index contributed by atoms with van der Waals surface area (Å²) >= 11 is 0. The van der Waals surface area contributed by atoms with E-state index in [2.05, 4.69) is 0 Å². The van der Waals surface area contributed by atoms with E-state index in [0.717, 1.165) is 37.4 Å². The minimum Gasteiger partial charge on any atom is -0.744 e. The van der Waals surface area contributed by atoms with Crippen LogP contribution in [0.25, 0.3) is 0 Å². The van der Waals surface area contributed by atoms with Crippen LogP contribution in [0.4, 0.5) is 0 Å². The Hall–Kier alpha value is -11.1. The molecule has 460 valence electrons. The van der Waals surface area contributed by atoms with E-state index in [1.165, 1.54) is 93.1 Å². The molecule has 0 spiro atoms. The van der Waals surface area contributed by atoms with Crippen molar-refractivity contribution in [3.05, 3.63) is 274 Å². The van der Waals surface area contributed by atoms with Crippen molar-refractivity contribution in [2.75, 3.05) is 21.3 Å². The molecule has 0 saturated carbocycles. The van der Waals surface area contributed by atoms with E-state index in [-0.39, 0.29) is 143 Å². The van der Waals surface area contributed by atoms with Gasteiger partial charge in [-0.1, -0.05) is 103 Å². The van der Waals surface area contributed by atoms with E-state index in [1.54, 1.807) is 97.1 Å². The van der Waals surface area contributed by atoms with Crippen LogP contribution in [0.1, 0.15) is 79.6 Å². The Bertz CT molecular complexity index is 4280. The van der Waals surface area contributed by atoms with Gasteiger partial charge in [-0.3, -0.25) is 24.0 Å². The average Bonchev–Trinajstić information content (AvgIpc) is 0.943. The summed E-state index contributed by atoms with van der Waals surface area (Å²) in [6.07, 6.45) is 0. The maximum Gasteiger partial charge on any atom is 1.00 e. The first kappa shape index (κ1) is 70.6. The molecule has 0 aromatic heterocycles. The van der Waals surface area contributed by atoms with Gasteiger partial charge in [-0.2, -0.15) is 0 Å². The molecular formula is C68H55NaO21S. The van der Waals surface area contributed by atoms with Crippen molar-refractivity contribution in [2.24, 2.45) is 0 Å². The van der Waals surface area contributed by atoms with Crippen molar-refractivity contribution in [3.63, 3.8) is 0 Å². The second-order valence-electron chi connectivity index (χ2n) is 18.6. The van der Waals surface area contributed by atoms with Crippen molar-refractivity contribution < 1.29 is 132 Å². The van der Waals surface area contributed by atoms with Crippen LogP contribution in [-0.2, 0) is 10.1 Å². The van der Waals surface area contributed by atoms with Gasteiger partial charge < -0.3 is 69.8 Å². The number of hydrogen-bond donors (Lipinski definition) is 10. The topological polar surface area (TPSA) is 373 Å². The molecule has 91 heavy (non-hydrogen) atoms. The Morgan fingerprint density at radius 3 is 0.901 bits per heavy atom. The summed E-state index contributed by atoms with van der Waals surface area (Å²) < 4.78 is 48.3. The molecule has 0 aliphatic carbocycles. The number of phenols is 10. The Morgan fingerprint density at radius 2 is 0.593 bits per heavy atom. The third-order valence-corrected chi connectivity index (χ3v) is 13.5. The molecule has 10 rings (SSSR count). The number of para-hydroxylation sites is 1. The minimum absolute atomic E-state index is 0. The van der Waals surface area contributed by atoms with Crippen LogP contribution < -0.4 is 43.8 Å². The number of ketones is 5. The van der Waals surface area contributed by atoms with Crippen molar-refractivity contribution >= 4 is 39.0 Å².